The molecule has 0 aliphatic carbocycles. The van der Waals surface area contributed by atoms with Crippen molar-refractivity contribution in [1.82, 2.24) is 0 Å². The molecule has 140 valence electrons. The maximum Gasteiger partial charge on any atom is 0.231 e. The van der Waals surface area contributed by atoms with Crippen LogP contribution in [0.5, 0.6) is 5.75 Å². The van der Waals surface area contributed by atoms with E-state index < -0.39 is 0 Å². The molecule has 1 N–H and O–H groups in total. The van der Waals surface area contributed by atoms with Crippen molar-refractivity contribution in [2.24, 2.45) is 0 Å². The normalized spacial score (nSPS) is 10.8. The molecule has 5 nitrogen and oxygen atoms in total. The molecule has 0 atom stereocenters. The number of para-hydroxylation sites is 1. The van der Waals surface area contributed by atoms with Crippen molar-refractivity contribution in [2.75, 3.05) is 12.4 Å². The van der Waals surface area contributed by atoms with Crippen molar-refractivity contribution in [3.63, 3.8) is 0 Å². The maximum atomic E-state index is 13.2. The van der Waals surface area contributed by atoms with E-state index in [4.69, 9.17) is 9.15 Å². The highest BCUT2D eigenvalue weighted by Crippen LogP contribution is 2.30. The number of hydrogen-bond acceptors (Lipinski definition) is 5. The van der Waals surface area contributed by atoms with Gasteiger partial charge in [-0.15, -0.1) is 11.3 Å². The number of hydrogen-bond donors (Lipinski definition) is 1. The summed E-state index contributed by atoms with van der Waals surface area (Å²) in [5.41, 5.74) is 1.20. The molecular formula is C22H17NO4S. The van der Waals surface area contributed by atoms with E-state index in [9.17, 15) is 9.59 Å². The van der Waals surface area contributed by atoms with Gasteiger partial charge >= 0.3 is 0 Å². The number of anilines is 1. The van der Waals surface area contributed by atoms with Crippen LogP contribution in [0.2, 0.25) is 0 Å². The molecule has 0 aliphatic heterocycles. The lowest BCUT2D eigenvalue weighted by Gasteiger charge is -2.11. The Labute approximate surface area is 165 Å². The molecule has 4 aromatic rings. The molecule has 0 saturated heterocycles. The molecule has 0 radical (unpaired) electrons. The zero-order valence-electron chi connectivity index (χ0n) is 15.1. The third kappa shape index (κ3) is 3.54. The van der Waals surface area contributed by atoms with Gasteiger partial charge in [-0.05, 0) is 41.3 Å². The first-order valence-electron chi connectivity index (χ1n) is 8.68. The molecular weight excluding hydrogens is 374 g/mol. The van der Waals surface area contributed by atoms with E-state index in [1.165, 1.54) is 11.3 Å². The predicted molar refractivity (Wildman–Crippen MR) is 111 cm³/mol. The van der Waals surface area contributed by atoms with Gasteiger partial charge in [0.25, 0.3) is 0 Å². The summed E-state index contributed by atoms with van der Waals surface area (Å²) < 4.78 is 11.1. The van der Waals surface area contributed by atoms with Gasteiger partial charge in [0, 0.05) is 4.88 Å². The van der Waals surface area contributed by atoms with Crippen LogP contribution >= 0.6 is 11.3 Å². The maximum absolute atomic E-state index is 13.2. The molecule has 2 aromatic heterocycles. The highest BCUT2D eigenvalue weighted by Gasteiger charge is 2.18. The lowest BCUT2D eigenvalue weighted by atomic mass is 10.0. The fourth-order valence-corrected chi connectivity index (χ4v) is 3.70. The minimum Gasteiger partial charge on any atom is -0.497 e. The van der Waals surface area contributed by atoms with E-state index in [0.717, 1.165) is 4.88 Å². The Morgan fingerprint density at radius 3 is 2.57 bits per heavy atom. The predicted octanol–water partition coefficient (Wildman–Crippen LogP) is 4.71. The van der Waals surface area contributed by atoms with E-state index in [2.05, 4.69) is 5.32 Å². The molecule has 28 heavy (non-hydrogen) atoms. The zero-order chi connectivity index (χ0) is 19.5. The number of benzene rings is 2. The summed E-state index contributed by atoms with van der Waals surface area (Å²) in [5, 5.41) is 5.16. The second kappa shape index (κ2) is 7.70. The van der Waals surface area contributed by atoms with E-state index in [1.54, 1.807) is 55.6 Å². The quantitative estimate of drug-likeness (QED) is 0.535. The Balaban J connectivity index is 1.80. The first-order chi connectivity index (χ1) is 13.7. The molecule has 1 amide bonds. The average molecular weight is 391 g/mol. The van der Waals surface area contributed by atoms with Gasteiger partial charge in [0.15, 0.2) is 0 Å². The number of carbonyl (C=O) groups is 1. The van der Waals surface area contributed by atoms with Crippen molar-refractivity contribution < 1.29 is 13.9 Å². The van der Waals surface area contributed by atoms with Gasteiger partial charge < -0.3 is 9.15 Å². The number of ether oxygens (including phenoxy) is 1. The third-order valence-electron chi connectivity index (χ3n) is 4.34. The van der Waals surface area contributed by atoms with Gasteiger partial charge in [0.2, 0.25) is 17.2 Å². The summed E-state index contributed by atoms with van der Waals surface area (Å²) >= 11 is 1.51. The third-order valence-corrected chi connectivity index (χ3v) is 5.22. The number of nitrogens with one attached hydrogen (secondary N) is 1. The highest BCUT2D eigenvalue weighted by atomic mass is 32.1. The molecule has 4 rings (SSSR count). The van der Waals surface area contributed by atoms with E-state index in [0.29, 0.717) is 27.8 Å². The molecule has 6 heteroatoms. The second-order valence-corrected chi connectivity index (χ2v) is 7.20. The number of rotatable bonds is 5. The van der Waals surface area contributed by atoms with Crippen molar-refractivity contribution >= 4 is 34.1 Å². The zero-order valence-corrected chi connectivity index (χ0v) is 15.9. The average Bonchev–Trinajstić information content (AvgIpc) is 3.21. The Bertz CT molecular complexity index is 1180. The molecule has 0 unspecified atom stereocenters. The number of amides is 1. The number of thiophene rings is 1. The molecule has 2 heterocycles. The summed E-state index contributed by atoms with van der Waals surface area (Å²) in [6.45, 7) is 0. The van der Waals surface area contributed by atoms with E-state index in [-0.39, 0.29) is 23.6 Å². The topological polar surface area (TPSA) is 68.5 Å². The summed E-state index contributed by atoms with van der Waals surface area (Å²) in [4.78, 5) is 26.6. The lowest BCUT2D eigenvalue weighted by Crippen LogP contribution is -2.17. The molecule has 0 spiro atoms. The second-order valence-electron chi connectivity index (χ2n) is 6.16. The highest BCUT2D eigenvalue weighted by molar-refractivity contribution is 7.10. The largest absolute Gasteiger partial charge is 0.497 e. The molecule has 0 fully saturated rings. The monoisotopic (exact) mass is 391 g/mol. The Morgan fingerprint density at radius 1 is 1.07 bits per heavy atom. The summed E-state index contributed by atoms with van der Waals surface area (Å²) in [7, 11) is 1.58. The molecule has 2 aromatic carbocycles. The number of methoxy groups -OCH3 is 1. The van der Waals surface area contributed by atoms with Crippen molar-refractivity contribution in [3.8, 4) is 16.9 Å². The first kappa shape index (κ1) is 18.0. The number of carbonyl (C=O) groups excluding carboxylic acids is 1. The van der Waals surface area contributed by atoms with Crippen LogP contribution in [-0.2, 0) is 11.2 Å². The van der Waals surface area contributed by atoms with Gasteiger partial charge in [0.1, 0.15) is 11.3 Å². The van der Waals surface area contributed by atoms with Crippen LogP contribution in [0.3, 0.4) is 0 Å². The Hall–Kier alpha value is -3.38. The smallest absolute Gasteiger partial charge is 0.231 e. The van der Waals surface area contributed by atoms with Crippen LogP contribution < -0.4 is 15.5 Å². The molecule has 0 saturated carbocycles. The first-order valence-corrected chi connectivity index (χ1v) is 9.56. The lowest BCUT2D eigenvalue weighted by molar-refractivity contribution is -0.115. The van der Waals surface area contributed by atoms with Gasteiger partial charge in [-0.25, -0.2) is 0 Å². The van der Waals surface area contributed by atoms with Crippen LogP contribution in [0.4, 0.5) is 5.88 Å². The van der Waals surface area contributed by atoms with Crippen LogP contribution in [0, 0.1) is 0 Å². The minimum atomic E-state index is -0.240. The van der Waals surface area contributed by atoms with Crippen molar-refractivity contribution in [1.29, 1.82) is 0 Å². The van der Waals surface area contributed by atoms with Crippen molar-refractivity contribution in [3.05, 3.63) is 81.1 Å². The summed E-state index contributed by atoms with van der Waals surface area (Å²) in [6, 6.07) is 17.9. The Morgan fingerprint density at radius 2 is 1.86 bits per heavy atom. The van der Waals surface area contributed by atoms with Crippen LogP contribution in [-0.4, -0.2) is 13.0 Å². The van der Waals surface area contributed by atoms with Crippen molar-refractivity contribution in [2.45, 2.75) is 6.42 Å². The minimum absolute atomic E-state index is 0.149. The van der Waals surface area contributed by atoms with Gasteiger partial charge in [-0.3, -0.25) is 14.9 Å². The van der Waals surface area contributed by atoms with E-state index in [1.807, 2.05) is 17.5 Å². The standard InChI is InChI=1S/C22H17NO4S/c1-26-15-10-8-14(9-11-15)20-21(25)17-6-2-3-7-18(17)27-22(20)23-19(24)13-16-5-4-12-28-16/h2-12H,13H2,1H3,(H,23,24). The fraction of sp³-hybridized carbons (Fsp3) is 0.0909. The summed E-state index contributed by atoms with van der Waals surface area (Å²) in [5.74, 6) is 0.586. The van der Waals surface area contributed by atoms with E-state index >= 15 is 0 Å². The SMILES string of the molecule is COc1ccc(-c2c(NC(=O)Cc3cccs3)oc3ccccc3c2=O)cc1. The van der Waals surface area contributed by atoms with Crippen LogP contribution in [0.1, 0.15) is 4.88 Å². The van der Waals surface area contributed by atoms with Gasteiger partial charge in [-0.2, -0.15) is 0 Å². The molecule has 0 bridgehead atoms. The van der Waals surface area contributed by atoms with Gasteiger partial charge in [0.05, 0.1) is 24.5 Å². The summed E-state index contributed by atoms with van der Waals surface area (Å²) in [6.07, 6.45) is 0.219. The molecule has 0 aliphatic rings. The fourth-order valence-electron chi connectivity index (χ4n) is 2.99. The van der Waals surface area contributed by atoms with Gasteiger partial charge in [-0.1, -0.05) is 30.3 Å². The van der Waals surface area contributed by atoms with Crippen LogP contribution in [0.25, 0.3) is 22.1 Å². The van der Waals surface area contributed by atoms with Crippen LogP contribution in [0.15, 0.2) is 75.3 Å². The Kier molecular flexibility index (Phi) is 4.95. The number of fused-ring (bicyclic) bond motifs is 1.